The molecule has 2 heterocycles. The Morgan fingerprint density at radius 1 is 1.04 bits per heavy atom. The first-order valence-corrected chi connectivity index (χ1v) is 10.3. The summed E-state index contributed by atoms with van der Waals surface area (Å²) in [6.07, 6.45) is 6.67. The maximum absolute atomic E-state index is 12.6. The molecular weight excluding hydrogens is 352 g/mol. The van der Waals surface area contributed by atoms with E-state index in [1.165, 1.54) is 12.8 Å². The number of rotatable bonds is 5. The molecule has 6 heteroatoms. The van der Waals surface area contributed by atoms with Crippen LogP contribution in [0.15, 0.2) is 36.4 Å². The van der Waals surface area contributed by atoms with Crippen molar-refractivity contribution in [1.29, 1.82) is 0 Å². The Morgan fingerprint density at radius 2 is 1.82 bits per heavy atom. The number of hydrogen-bond acceptors (Lipinski definition) is 5. The molecule has 1 aromatic carbocycles. The van der Waals surface area contributed by atoms with Crippen molar-refractivity contribution in [2.45, 2.75) is 44.6 Å². The highest BCUT2D eigenvalue weighted by atomic mass is 16.5. The number of benzene rings is 1. The fourth-order valence-electron chi connectivity index (χ4n) is 4.20. The van der Waals surface area contributed by atoms with E-state index in [1.54, 1.807) is 7.11 Å². The van der Waals surface area contributed by atoms with Crippen LogP contribution in [0.25, 0.3) is 11.3 Å². The van der Waals surface area contributed by atoms with Crippen LogP contribution in [-0.2, 0) is 4.79 Å². The van der Waals surface area contributed by atoms with Crippen molar-refractivity contribution in [2.75, 3.05) is 25.1 Å². The summed E-state index contributed by atoms with van der Waals surface area (Å²) in [6, 6.07) is 12.2. The number of carbonyl (C=O) groups excluding carboxylic acids is 1. The van der Waals surface area contributed by atoms with E-state index in [0.717, 1.165) is 61.6 Å². The fourth-order valence-corrected chi connectivity index (χ4v) is 4.20. The van der Waals surface area contributed by atoms with Crippen LogP contribution in [0.3, 0.4) is 0 Å². The van der Waals surface area contributed by atoms with Gasteiger partial charge >= 0.3 is 0 Å². The van der Waals surface area contributed by atoms with E-state index in [-0.39, 0.29) is 11.8 Å². The topological polar surface area (TPSA) is 67.3 Å². The second kappa shape index (κ2) is 8.59. The largest absolute Gasteiger partial charge is 0.497 e. The van der Waals surface area contributed by atoms with Crippen molar-refractivity contribution in [2.24, 2.45) is 5.92 Å². The molecule has 1 saturated carbocycles. The fraction of sp³-hybridized carbons (Fsp3) is 0.500. The van der Waals surface area contributed by atoms with E-state index in [1.807, 2.05) is 36.4 Å². The minimum atomic E-state index is 0.0393. The van der Waals surface area contributed by atoms with E-state index in [2.05, 4.69) is 20.4 Å². The highest BCUT2D eigenvalue weighted by Crippen LogP contribution is 2.25. The molecule has 6 nitrogen and oxygen atoms in total. The van der Waals surface area contributed by atoms with Crippen LogP contribution in [0, 0.1) is 5.92 Å². The molecule has 1 saturated heterocycles. The number of ether oxygens (including phenoxy) is 1. The number of anilines is 1. The summed E-state index contributed by atoms with van der Waals surface area (Å²) in [7, 11) is 1.66. The van der Waals surface area contributed by atoms with Gasteiger partial charge in [-0.1, -0.05) is 12.8 Å². The average molecular weight is 380 g/mol. The number of piperidine rings is 1. The Labute approximate surface area is 166 Å². The lowest BCUT2D eigenvalue weighted by atomic mass is 9.96. The molecule has 1 amide bonds. The van der Waals surface area contributed by atoms with E-state index < -0.39 is 0 Å². The second-order valence-corrected chi connectivity index (χ2v) is 7.78. The molecule has 1 aromatic heterocycles. The maximum atomic E-state index is 12.6. The molecule has 2 aromatic rings. The second-order valence-electron chi connectivity index (χ2n) is 7.78. The summed E-state index contributed by atoms with van der Waals surface area (Å²) in [6.45, 7) is 1.64. The molecule has 0 radical (unpaired) electrons. The molecule has 2 fully saturated rings. The normalized spacial score (nSPS) is 20.2. The quantitative estimate of drug-likeness (QED) is 0.861. The van der Waals surface area contributed by atoms with Crippen LogP contribution in [0.1, 0.15) is 38.5 Å². The predicted octanol–water partition coefficient (Wildman–Crippen LogP) is 3.43. The predicted molar refractivity (Wildman–Crippen MR) is 109 cm³/mol. The zero-order valence-electron chi connectivity index (χ0n) is 16.4. The van der Waals surface area contributed by atoms with Crippen LogP contribution < -0.4 is 15.0 Å². The summed E-state index contributed by atoms with van der Waals surface area (Å²) < 4.78 is 5.20. The van der Waals surface area contributed by atoms with Gasteiger partial charge in [0.05, 0.1) is 18.7 Å². The van der Waals surface area contributed by atoms with E-state index in [9.17, 15) is 4.79 Å². The minimum Gasteiger partial charge on any atom is -0.497 e. The van der Waals surface area contributed by atoms with Gasteiger partial charge in [0.2, 0.25) is 5.91 Å². The molecule has 0 spiro atoms. The van der Waals surface area contributed by atoms with Gasteiger partial charge in [0, 0.05) is 24.7 Å². The van der Waals surface area contributed by atoms with Crippen molar-refractivity contribution in [3.05, 3.63) is 36.4 Å². The van der Waals surface area contributed by atoms with Crippen LogP contribution >= 0.6 is 0 Å². The first kappa shape index (κ1) is 18.7. The van der Waals surface area contributed by atoms with Gasteiger partial charge in [-0.2, -0.15) is 0 Å². The summed E-state index contributed by atoms with van der Waals surface area (Å²) in [5, 5.41) is 12.1. The van der Waals surface area contributed by atoms with Gasteiger partial charge in [-0.25, -0.2) is 0 Å². The highest BCUT2D eigenvalue weighted by molar-refractivity contribution is 5.80. The molecule has 1 atom stereocenters. The average Bonchev–Trinajstić information content (AvgIpc) is 3.27. The lowest BCUT2D eigenvalue weighted by Crippen LogP contribution is -2.45. The van der Waals surface area contributed by atoms with Gasteiger partial charge in [0.15, 0.2) is 5.82 Å². The number of hydrogen-bond donors (Lipinski definition) is 1. The summed E-state index contributed by atoms with van der Waals surface area (Å²) in [5.41, 5.74) is 1.84. The Hall–Kier alpha value is -2.63. The number of methoxy groups -OCH3 is 1. The number of carbonyl (C=O) groups is 1. The van der Waals surface area contributed by atoms with Crippen LogP contribution in [0.2, 0.25) is 0 Å². The summed E-state index contributed by atoms with van der Waals surface area (Å²) in [5.74, 6) is 1.91. The highest BCUT2D eigenvalue weighted by Gasteiger charge is 2.28. The van der Waals surface area contributed by atoms with Gasteiger partial charge < -0.3 is 15.0 Å². The van der Waals surface area contributed by atoms with Crippen molar-refractivity contribution in [3.8, 4) is 17.0 Å². The molecule has 1 aliphatic carbocycles. The van der Waals surface area contributed by atoms with E-state index in [4.69, 9.17) is 4.74 Å². The monoisotopic (exact) mass is 380 g/mol. The zero-order valence-corrected chi connectivity index (χ0v) is 16.4. The van der Waals surface area contributed by atoms with Gasteiger partial charge in [0.25, 0.3) is 0 Å². The van der Waals surface area contributed by atoms with Gasteiger partial charge in [-0.15, -0.1) is 10.2 Å². The molecule has 1 N–H and O–H groups in total. The van der Waals surface area contributed by atoms with Crippen molar-refractivity contribution in [3.63, 3.8) is 0 Å². The molecule has 148 valence electrons. The molecule has 1 aliphatic heterocycles. The van der Waals surface area contributed by atoms with Crippen molar-refractivity contribution >= 4 is 11.7 Å². The van der Waals surface area contributed by atoms with E-state index in [0.29, 0.717) is 6.04 Å². The lowest BCUT2D eigenvalue weighted by molar-refractivity contribution is -0.125. The standard InChI is InChI=1S/C22H28N4O2/c1-28-19-10-8-16(9-11-19)20-12-13-21(25-24-20)26-14-4-5-17(15-26)22(27)23-18-6-2-3-7-18/h8-13,17-18H,2-7,14-15H2,1H3,(H,23,27). The molecule has 2 aliphatic rings. The molecule has 0 bridgehead atoms. The number of nitrogens with one attached hydrogen (secondary N) is 1. The van der Waals surface area contributed by atoms with Crippen LogP contribution in [0.4, 0.5) is 5.82 Å². The third-order valence-corrected chi connectivity index (χ3v) is 5.85. The number of aromatic nitrogens is 2. The first-order valence-electron chi connectivity index (χ1n) is 10.3. The third-order valence-electron chi connectivity index (χ3n) is 5.85. The van der Waals surface area contributed by atoms with Gasteiger partial charge in [-0.05, 0) is 62.1 Å². The van der Waals surface area contributed by atoms with Gasteiger partial charge in [-0.3, -0.25) is 4.79 Å². The Bertz CT molecular complexity index is 785. The zero-order chi connectivity index (χ0) is 19.3. The summed E-state index contributed by atoms with van der Waals surface area (Å²) in [4.78, 5) is 14.8. The minimum absolute atomic E-state index is 0.0393. The molecule has 4 rings (SSSR count). The Morgan fingerprint density at radius 3 is 2.50 bits per heavy atom. The van der Waals surface area contributed by atoms with Crippen LogP contribution in [-0.4, -0.2) is 42.3 Å². The Balaban J connectivity index is 1.39. The summed E-state index contributed by atoms with van der Waals surface area (Å²) >= 11 is 0. The van der Waals surface area contributed by atoms with Crippen molar-refractivity contribution in [1.82, 2.24) is 15.5 Å². The number of amides is 1. The first-order chi connectivity index (χ1) is 13.7. The molecular formula is C22H28N4O2. The number of nitrogens with zero attached hydrogens (tertiary/aromatic N) is 3. The Kier molecular flexibility index (Phi) is 5.74. The van der Waals surface area contributed by atoms with Crippen molar-refractivity contribution < 1.29 is 9.53 Å². The van der Waals surface area contributed by atoms with E-state index >= 15 is 0 Å². The van der Waals surface area contributed by atoms with Gasteiger partial charge in [0.1, 0.15) is 5.75 Å². The SMILES string of the molecule is COc1ccc(-c2ccc(N3CCCC(C(=O)NC4CCCC4)C3)nn2)cc1. The molecule has 1 unspecified atom stereocenters. The smallest absolute Gasteiger partial charge is 0.225 e. The molecule has 28 heavy (non-hydrogen) atoms. The maximum Gasteiger partial charge on any atom is 0.225 e. The lowest BCUT2D eigenvalue weighted by Gasteiger charge is -2.33. The van der Waals surface area contributed by atoms with Crippen LogP contribution in [0.5, 0.6) is 5.75 Å². The third kappa shape index (κ3) is 4.26.